The number of ketones is 1. The van der Waals surface area contributed by atoms with E-state index in [2.05, 4.69) is 30.3 Å². The predicted octanol–water partition coefficient (Wildman–Crippen LogP) is 8.13. The first-order chi connectivity index (χ1) is 14.6. The number of carbonyl (C=O) groups is 1. The van der Waals surface area contributed by atoms with Gasteiger partial charge in [0.1, 0.15) is 5.78 Å². The molecule has 2 rings (SSSR count). The molecule has 0 aromatic heterocycles. The van der Waals surface area contributed by atoms with Crippen LogP contribution in [0, 0.1) is 0 Å². The second kappa shape index (κ2) is 14.8. The van der Waals surface area contributed by atoms with E-state index in [1.165, 1.54) is 89.0 Å². The second-order valence-electron chi connectivity index (χ2n) is 9.76. The molecule has 1 aliphatic rings. The Kier molecular flexibility index (Phi) is 12.4. The number of carbonyl (C=O) groups excluding carboxylic acids is 1. The minimum absolute atomic E-state index is 0.307. The van der Waals surface area contributed by atoms with E-state index in [0.717, 1.165) is 32.1 Å². The molecule has 1 aliphatic carbocycles. The lowest BCUT2D eigenvalue weighted by molar-refractivity contribution is -0.117. The fraction of sp³-hybridized carbons (Fsp3) is 0.750. The number of rotatable bonds is 16. The van der Waals surface area contributed by atoms with Crippen LogP contribution in [0.15, 0.2) is 30.3 Å². The topological polar surface area (TPSA) is 37.3 Å². The van der Waals surface area contributed by atoms with Crippen molar-refractivity contribution in [3.63, 3.8) is 0 Å². The summed E-state index contributed by atoms with van der Waals surface area (Å²) in [4.78, 5) is 10.9. The summed E-state index contributed by atoms with van der Waals surface area (Å²) in [6.45, 7) is 1.69. The highest BCUT2D eigenvalue weighted by atomic mass is 16.3. The van der Waals surface area contributed by atoms with E-state index in [1.807, 2.05) is 0 Å². The molecular weight excluding hydrogens is 368 g/mol. The molecule has 1 aromatic rings. The van der Waals surface area contributed by atoms with Crippen LogP contribution >= 0.6 is 0 Å². The van der Waals surface area contributed by atoms with E-state index >= 15 is 0 Å². The first-order valence-corrected chi connectivity index (χ1v) is 12.9. The molecule has 0 spiro atoms. The van der Waals surface area contributed by atoms with Crippen molar-refractivity contribution in [1.29, 1.82) is 0 Å². The maximum Gasteiger partial charge on any atom is 0.129 e. The molecule has 0 bridgehead atoms. The molecule has 0 amide bonds. The van der Waals surface area contributed by atoms with E-state index in [4.69, 9.17) is 0 Å². The zero-order valence-corrected chi connectivity index (χ0v) is 19.5. The van der Waals surface area contributed by atoms with Gasteiger partial charge in [0.2, 0.25) is 0 Å². The van der Waals surface area contributed by atoms with Crippen LogP contribution in [-0.4, -0.2) is 16.5 Å². The van der Waals surface area contributed by atoms with Crippen LogP contribution in [0.3, 0.4) is 0 Å². The van der Waals surface area contributed by atoms with Gasteiger partial charge in [0.05, 0.1) is 5.60 Å². The predicted molar refractivity (Wildman–Crippen MR) is 128 cm³/mol. The fourth-order valence-corrected chi connectivity index (χ4v) is 5.26. The zero-order chi connectivity index (χ0) is 21.5. The molecule has 30 heavy (non-hydrogen) atoms. The van der Waals surface area contributed by atoms with Crippen molar-refractivity contribution in [3.05, 3.63) is 35.9 Å². The third-order valence-corrected chi connectivity index (χ3v) is 7.09. The molecule has 1 fully saturated rings. The molecule has 1 unspecified atom stereocenters. The molecule has 2 heteroatoms. The lowest BCUT2D eigenvalue weighted by Crippen LogP contribution is -2.38. The van der Waals surface area contributed by atoms with Crippen molar-refractivity contribution < 1.29 is 9.90 Å². The van der Waals surface area contributed by atoms with E-state index < -0.39 is 5.60 Å². The Morgan fingerprint density at radius 3 is 1.83 bits per heavy atom. The third kappa shape index (κ3) is 9.77. The summed E-state index contributed by atoms with van der Waals surface area (Å²) < 4.78 is 0. The fourth-order valence-electron chi connectivity index (χ4n) is 5.26. The van der Waals surface area contributed by atoms with Crippen molar-refractivity contribution in [3.8, 4) is 0 Å². The first-order valence-electron chi connectivity index (χ1n) is 12.9. The van der Waals surface area contributed by atoms with Gasteiger partial charge in [-0.1, -0.05) is 114 Å². The lowest BCUT2D eigenvalue weighted by Gasteiger charge is -2.40. The standard InChI is InChI=1S/C28H46O2/c1-25(29)19-13-9-7-5-3-2-4-6-8-10-16-22-27(26-20-14-11-15-21-26)28(30)23-17-12-18-24-28/h11,14-15,20-21,27,30H,2-10,12-13,16-19,22-24H2,1H3. The zero-order valence-electron chi connectivity index (χ0n) is 19.5. The monoisotopic (exact) mass is 414 g/mol. The summed E-state index contributed by atoms with van der Waals surface area (Å²) >= 11 is 0. The summed E-state index contributed by atoms with van der Waals surface area (Å²) in [6.07, 6.45) is 21.7. The molecule has 1 saturated carbocycles. The number of hydrogen-bond acceptors (Lipinski definition) is 2. The summed E-state index contributed by atoms with van der Waals surface area (Å²) in [5.74, 6) is 0.639. The van der Waals surface area contributed by atoms with Crippen molar-refractivity contribution >= 4 is 5.78 Å². The molecule has 1 N–H and O–H groups in total. The average molecular weight is 415 g/mol. The van der Waals surface area contributed by atoms with Gasteiger partial charge in [0.15, 0.2) is 0 Å². The van der Waals surface area contributed by atoms with Crippen LogP contribution in [0.2, 0.25) is 0 Å². The quantitative estimate of drug-likeness (QED) is 0.277. The van der Waals surface area contributed by atoms with Crippen LogP contribution in [0.5, 0.6) is 0 Å². The van der Waals surface area contributed by atoms with Crippen LogP contribution in [-0.2, 0) is 4.79 Å². The van der Waals surface area contributed by atoms with Gasteiger partial charge in [-0.3, -0.25) is 0 Å². The van der Waals surface area contributed by atoms with Crippen LogP contribution < -0.4 is 0 Å². The maximum atomic E-state index is 11.4. The highest BCUT2D eigenvalue weighted by Crippen LogP contribution is 2.42. The number of Topliss-reactive ketones (excluding diaryl/α,β-unsaturated/α-hetero) is 1. The second-order valence-corrected chi connectivity index (χ2v) is 9.76. The van der Waals surface area contributed by atoms with E-state index in [-0.39, 0.29) is 0 Å². The summed E-state index contributed by atoms with van der Waals surface area (Å²) in [5, 5.41) is 11.4. The molecule has 2 nitrogen and oxygen atoms in total. The van der Waals surface area contributed by atoms with Crippen molar-refractivity contribution in [2.45, 2.75) is 134 Å². The highest BCUT2D eigenvalue weighted by Gasteiger charge is 2.38. The maximum absolute atomic E-state index is 11.4. The molecule has 1 atom stereocenters. The van der Waals surface area contributed by atoms with E-state index in [9.17, 15) is 9.90 Å². The van der Waals surface area contributed by atoms with Crippen molar-refractivity contribution in [2.75, 3.05) is 0 Å². The number of unbranched alkanes of at least 4 members (excludes halogenated alkanes) is 10. The minimum atomic E-state index is -0.482. The normalized spacial score (nSPS) is 17.0. The van der Waals surface area contributed by atoms with Gasteiger partial charge in [-0.15, -0.1) is 0 Å². The summed E-state index contributed by atoms with van der Waals surface area (Å²) in [7, 11) is 0. The summed E-state index contributed by atoms with van der Waals surface area (Å²) in [5.41, 5.74) is 0.856. The van der Waals surface area contributed by atoms with Gasteiger partial charge in [0.25, 0.3) is 0 Å². The Labute approximate surface area is 185 Å². The van der Waals surface area contributed by atoms with Crippen LogP contribution in [0.4, 0.5) is 0 Å². The Morgan fingerprint density at radius 2 is 1.30 bits per heavy atom. The lowest BCUT2D eigenvalue weighted by atomic mass is 9.71. The van der Waals surface area contributed by atoms with Gasteiger partial charge in [-0.2, -0.15) is 0 Å². The number of hydrogen-bond donors (Lipinski definition) is 1. The van der Waals surface area contributed by atoms with Gasteiger partial charge < -0.3 is 9.90 Å². The molecular formula is C28H46O2. The molecule has 0 saturated heterocycles. The van der Waals surface area contributed by atoms with Gasteiger partial charge in [-0.25, -0.2) is 0 Å². The largest absolute Gasteiger partial charge is 0.389 e. The van der Waals surface area contributed by atoms with Gasteiger partial charge in [-0.05, 0) is 38.2 Å². The molecule has 1 aromatic carbocycles. The number of benzene rings is 1. The Morgan fingerprint density at radius 1 is 0.800 bits per heavy atom. The smallest absolute Gasteiger partial charge is 0.129 e. The van der Waals surface area contributed by atoms with E-state index in [0.29, 0.717) is 11.7 Å². The first kappa shape index (κ1) is 25.1. The van der Waals surface area contributed by atoms with Gasteiger partial charge >= 0.3 is 0 Å². The SMILES string of the molecule is CC(=O)CCCCCCCCCCCCCC(c1ccccc1)C1(O)CCCCC1. The van der Waals surface area contributed by atoms with Crippen LogP contribution in [0.25, 0.3) is 0 Å². The summed E-state index contributed by atoms with van der Waals surface area (Å²) in [6, 6.07) is 10.8. The average Bonchev–Trinajstić information content (AvgIpc) is 2.75. The Bertz CT molecular complexity index is 559. The van der Waals surface area contributed by atoms with Gasteiger partial charge in [0, 0.05) is 12.3 Å². The minimum Gasteiger partial charge on any atom is -0.389 e. The van der Waals surface area contributed by atoms with E-state index in [1.54, 1.807) is 6.92 Å². The highest BCUT2D eigenvalue weighted by molar-refractivity contribution is 5.75. The number of aliphatic hydroxyl groups is 1. The van der Waals surface area contributed by atoms with Crippen LogP contribution in [0.1, 0.15) is 134 Å². The Balaban J connectivity index is 1.56. The van der Waals surface area contributed by atoms with Crippen molar-refractivity contribution in [2.24, 2.45) is 0 Å². The molecule has 0 heterocycles. The Hall–Kier alpha value is -1.15. The molecule has 0 aliphatic heterocycles. The molecule has 170 valence electrons. The third-order valence-electron chi connectivity index (χ3n) is 7.09. The van der Waals surface area contributed by atoms with Crippen molar-refractivity contribution in [1.82, 2.24) is 0 Å². The molecule has 0 radical (unpaired) electrons.